The van der Waals surface area contributed by atoms with Gasteiger partial charge in [-0.05, 0) is 54.3 Å². The smallest absolute Gasteiger partial charge is 0.328 e. The number of nitrogens with one attached hydrogen (secondary N) is 1. The Bertz CT molecular complexity index is 810. The molecular formula is C16H15NO4S2. The molecule has 5 nitrogen and oxygen atoms in total. The summed E-state index contributed by atoms with van der Waals surface area (Å²) >= 11 is 1.57. The number of carbonyl (C=O) groups is 1. The minimum absolute atomic E-state index is 0.110. The largest absolute Gasteiger partial charge is 0.478 e. The number of hydrogen-bond donors (Lipinski definition) is 2. The van der Waals surface area contributed by atoms with E-state index in [0.717, 1.165) is 11.0 Å². The van der Waals surface area contributed by atoms with Gasteiger partial charge in [-0.25, -0.2) is 13.2 Å². The number of benzene rings is 2. The number of aliphatic carboxylic acids is 1. The third-order valence-corrected chi connectivity index (χ3v) is 5.09. The molecule has 120 valence electrons. The van der Waals surface area contributed by atoms with Crippen LogP contribution in [0, 0.1) is 0 Å². The van der Waals surface area contributed by atoms with Crippen molar-refractivity contribution in [2.75, 3.05) is 11.0 Å². The van der Waals surface area contributed by atoms with Crippen LogP contribution in [0.1, 0.15) is 5.56 Å². The van der Waals surface area contributed by atoms with Gasteiger partial charge in [-0.15, -0.1) is 11.8 Å². The van der Waals surface area contributed by atoms with Crippen LogP contribution in [0.5, 0.6) is 0 Å². The van der Waals surface area contributed by atoms with Crippen LogP contribution in [0.2, 0.25) is 0 Å². The highest BCUT2D eigenvalue weighted by Crippen LogP contribution is 2.20. The van der Waals surface area contributed by atoms with Crippen LogP contribution in [0.15, 0.2) is 64.4 Å². The van der Waals surface area contributed by atoms with E-state index < -0.39 is 16.0 Å². The highest BCUT2D eigenvalue weighted by molar-refractivity contribution is 7.98. The van der Waals surface area contributed by atoms with Gasteiger partial charge in [0.2, 0.25) is 0 Å². The highest BCUT2D eigenvalue weighted by Gasteiger charge is 2.13. The second kappa shape index (κ2) is 7.34. The molecule has 2 rings (SSSR count). The van der Waals surface area contributed by atoms with E-state index >= 15 is 0 Å². The summed E-state index contributed by atoms with van der Waals surface area (Å²) < 4.78 is 27.1. The Hall–Kier alpha value is -2.25. The number of rotatable bonds is 6. The monoisotopic (exact) mass is 349 g/mol. The van der Waals surface area contributed by atoms with Crippen LogP contribution in [-0.4, -0.2) is 25.7 Å². The van der Waals surface area contributed by atoms with Crippen LogP contribution >= 0.6 is 11.8 Å². The van der Waals surface area contributed by atoms with Crippen molar-refractivity contribution >= 4 is 39.5 Å². The van der Waals surface area contributed by atoms with Crippen molar-refractivity contribution in [2.24, 2.45) is 0 Å². The molecule has 7 heteroatoms. The van der Waals surface area contributed by atoms with Gasteiger partial charge in [0.1, 0.15) is 0 Å². The quantitative estimate of drug-likeness (QED) is 0.617. The Morgan fingerprint density at radius 3 is 2.22 bits per heavy atom. The van der Waals surface area contributed by atoms with E-state index in [9.17, 15) is 13.2 Å². The molecule has 2 aromatic carbocycles. The zero-order chi connectivity index (χ0) is 16.9. The lowest BCUT2D eigenvalue weighted by molar-refractivity contribution is -0.131. The Morgan fingerprint density at radius 1 is 1.09 bits per heavy atom. The van der Waals surface area contributed by atoms with Gasteiger partial charge in [-0.1, -0.05) is 12.1 Å². The zero-order valence-electron chi connectivity index (χ0n) is 12.3. The van der Waals surface area contributed by atoms with E-state index in [4.69, 9.17) is 5.11 Å². The lowest BCUT2D eigenvalue weighted by atomic mass is 10.2. The van der Waals surface area contributed by atoms with Gasteiger partial charge in [0, 0.05) is 16.7 Å². The molecule has 2 N–H and O–H groups in total. The molecule has 0 aliphatic carbocycles. The van der Waals surface area contributed by atoms with Crippen molar-refractivity contribution in [3.8, 4) is 0 Å². The topological polar surface area (TPSA) is 83.5 Å². The average molecular weight is 349 g/mol. The fourth-order valence-electron chi connectivity index (χ4n) is 1.80. The second-order valence-electron chi connectivity index (χ2n) is 4.57. The summed E-state index contributed by atoms with van der Waals surface area (Å²) in [4.78, 5) is 11.6. The summed E-state index contributed by atoms with van der Waals surface area (Å²) in [5, 5.41) is 8.57. The minimum atomic E-state index is -3.68. The van der Waals surface area contributed by atoms with Gasteiger partial charge in [-0.2, -0.15) is 0 Å². The molecule has 0 atom stereocenters. The Labute approximate surface area is 139 Å². The summed E-state index contributed by atoms with van der Waals surface area (Å²) in [6.45, 7) is 0. The lowest BCUT2D eigenvalue weighted by Crippen LogP contribution is -2.12. The maximum Gasteiger partial charge on any atom is 0.328 e. The molecule has 2 aromatic rings. The summed E-state index contributed by atoms with van der Waals surface area (Å²) in [6, 6.07) is 13.0. The zero-order valence-corrected chi connectivity index (χ0v) is 13.9. The minimum Gasteiger partial charge on any atom is -0.478 e. The molecule has 23 heavy (non-hydrogen) atoms. The SMILES string of the molecule is CSc1ccc(NS(=O)(=O)c2ccc(C=CC(=O)O)cc2)cc1. The van der Waals surface area contributed by atoms with Gasteiger partial charge in [0.05, 0.1) is 4.90 Å². The van der Waals surface area contributed by atoms with Gasteiger partial charge >= 0.3 is 5.97 Å². The fourth-order valence-corrected chi connectivity index (χ4v) is 3.27. The highest BCUT2D eigenvalue weighted by atomic mass is 32.2. The van der Waals surface area contributed by atoms with Gasteiger partial charge in [0.15, 0.2) is 0 Å². The number of hydrogen-bond acceptors (Lipinski definition) is 4. The predicted octanol–water partition coefficient (Wildman–Crippen LogP) is 3.31. The number of anilines is 1. The molecule has 0 radical (unpaired) electrons. The molecule has 0 unspecified atom stereocenters. The Kier molecular flexibility index (Phi) is 5.46. The summed E-state index contributed by atoms with van der Waals surface area (Å²) in [7, 11) is -3.68. The molecule has 0 aliphatic rings. The molecule has 0 aliphatic heterocycles. The van der Waals surface area contributed by atoms with E-state index in [2.05, 4.69) is 4.72 Å². The molecule has 0 saturated heterocycles. The first-order valence-electron chi connectivity index (χ1n) is 6.59. The molecule has 0 saturated carbocycles. The van der Waals surface area contributed by atoms with Crippen LogP contribution in [0.3, 0.4) is 0 Å². The number of sulfonamides is 1. The maximum atomic E-state index is 12.3. The van der Waals surface area contributed by atoms with Crippen molar-refractivity contribution in [3.05, 3.63) is 60.2 Å². The summed E-state index contributed by atoms with van der Waals surface area (Å²) in [6.07, 6.45) is 4.34. The molecular weight excluding hydrogens is 334 g/mol. The standard InChI is InChI=1S/C16H15NO4S2/c1-22-14-7-5-13(6-8-14)17-23(20,21)15-9-2-12(3-10-15)4-11-16(18)19/h2-11,17H,1H3,(H,18,19). The average Bonchev–Trinajstić information content (AvgIpc) is 2.53. The van der Waals surface area contributed by atoms with Crippen LogP contribution in [0.4, 0.5) is 5.69 Å². The Morgan fingerprint density at radius 2 is 1.70 bits per heavy atom. The van der Waals surface area contributed by atoms with Crippen LogP contribution in [-0.2, 0) is 14.8 Å². The van der Waals surface area contributed by atoms with Crippen molar-refractivity contribution in [3.63, 3.8) is 0 Å². The molecule has 0 bridgehead atoms. The van der Waals surface area contributed by atoms with Crippen molar-refractivity contribution < 1.29 is 18.3 Å². The van der Waals surface area contributed by atoms with E-state index in [1.807, 2.05) is 18.4 Å². The van der Waals surface area contributed by atoms with E-state index in [1.54, 1.807) is 36.0 Å². The third-order valence-electron chi connectivity index (χ3n) is 2.95. The molecule has 0 amide bonds. The van der Waals surface area contributed by atoms with E-state index in [0.29, 0.717) is 11.3 Å². The molecule has 0 heterocycles. The number of carboxylic acid groups (broad SMARTS) is 1. The van der Waals surface area contributed by atoms with Crippen molar-refractivity contribution in [1.29, 1.82) is 0 Å². The van der Waals surface area contributed by atoms with Gasteiger partial charge in [-0.3, -0.25) is 4.72 Å². The van der Waals surface area contributed by atoms with Crippen molar-refractivity contribution in [2.45, 2.75) is 9.79 Å². The Balaban J connectivity index is 2.16. The first-order valence-corrected chi connectivity index (χ1v) is 9.29. The second-order valence-corrected chi connectivity index (χ2v) is 7.14. The maximum absolute atomic E-state index is 12.3. The first-order chi connectivity index (χ1) is 10.9. The third kappa shape index (κ3) is 4.87. The lowest BCUT2D eigenvalue weighted by Gasteiger charge is -2.08. The molecule has 0 spiro atoms. The van der Waals surface area contributed by atoms with E-state index in [1.165, 1.54) is 18.2 Å². The van der Waals surface area contributed by atoms with E-state index in [-0.39, 0.29) is 4.90 Å². The van der Waals surface area contributed by atoms with Crippen LogP contribution in [0.25, 0.3) is 6.08 Å². The summed E-state index contributed by atoms with van der Waals surface area (Å²) in [5.74, 6) is -1.06. The van der Waals surface area contributed by atoms with Gasteiger partial charge in [0.25, 0.3) is 10.0 Å². The summed E-state index contributed by atoms with van der Waals surface area (Å²) in [5.41, 5.74) is 1.09. The normalized spacial score (nSPS) is 11.5. The molecule has 0 aromatic heterocycles. The molecule has 0 fully saturated rings. The van der Waals surface area contributed by atoms with Crippen LogP contribution < -0.4 is 4.72 Å². The first kappa shape index (κ1) is 17.1. The predicted molar refractivity (Wildman–Crippen MR) is 92.1 cm³/mol. The number of thioether (sulfide) groups is 1. The fraction of sp³-hybridized carbons (Fsp3) is 0.0625. The number of carboxylic acids is 1. The van der Waals surface area contributed by atoms with Crippen molar-refractivity contribution in [1.82, 2.24) is 0 Å². The van der Waals surface area contributed by atoms with Gasteiger partial charge < -0.3 is 5.11 Å².